The molecule has 1 N–H and O–H groups in total. The Morgan fingerprint density at radius 3 is 2.55 bits per heavy atom. The molecule has 1 amide bonds. The topological polar surface area (TPSA) is 84.4 Å². The number of nitrogens with zero attached hydrogens (tertiary/aromatic N) is 4. The number of piperazine rings is 1. The van der Waals surface area contributed by atoms with Crippen molar-refractivity contribution in [2.75, 3.05) is 56.5 Å². The number of carboxylic acid groups (broad SMARTS) is 1. The Kier molecular flexibility index (Phi) is 5.92. The molecule has 0 aliphatic carbocycles. The Bertz CT molecular complexity index is 873. The minimum atomic E-state index is -3.11. The Morgan fingerprint density at radius 2 is 1.90 bits per heavy atom. The average Bonchev–Trinajstić information content (AvgIpc) is 3.29. The van der Waals surface area contributed by atoms with E-state index in [1.807, 2.05) is 18.2 Å². The summed E-state index contributed by atoms with van der Waals surface area (Å²) in [5, 5.41) is 9.79. The molecule has 29 heavy (non-hydrogen) atoms. The largest absolute Gasteiger partial charge is 0.465 e. The summed E-state index contributed by atoms with van der Waals surface area (Å²) >= 11 is 6.28. The van der Waals surface area contributed by atoms with Crippen molar-refractivity contribution < 1.29 is 18.3 Å². The molecule has 1 unspecified atom stereocenters. The molecule has 3 fully saturated rings. The standard InChI is InChI=1S/C19H27ClN4O4S/c20-16-3-2-15(13-21-7-9-22(10-8-21)19(25)26)18(12-16)23-6-4-17(14-23)24-5-1-11-29(24,27)28/h2-3,12,17H,1,4-11,13-14H2,(H,25,26). The molecule has 4 rings (SSSR count). The molecule has 8 nitrogen and oxygen atoms in total. The highest BCUT2D eigenvalue weighted by Crippen LogP contribution is 2.32. The second kappa shape index (κ2) is 8.29. The number of anilines is 1. The van der Waals surface area contributed by atoms with Crippen LogP contribution in [0.1, 0.15) is 18.4 Å². The van der Waals surface area contributed by atoms with Crippen LogP contribution in [-0.2, 0) is 16.6 Å². The lowest BCUT2D eigenvalue weighted by Gasteiger charge is -2.34. The van der Waals surface area contributed by atoms with Gasteiger partial charge in [0.1, 0.15) is 0 Å². The Labute approximate surface area is 176 Å². The van der Waals surface area contributed by atoms with E-state index in [9.17, 15) is 13.2 Å². The van der Waals surface area contributed by atoms with Crippen LogP contribution in [0, 0.1) is 0 Å². The minimum Gasteiger partial charge on any atom is -0.465 e. The maximum atomic E-state index is 12.3. The van der Waals surface area contributed by atoms with Crippen LogP contribution in [-0.4, -0.2) is 91.3 Å². The molecule has 0 saturated carbocycles. The van der Waals surface area contributed by atoms with E-state index in [-0.39, 0.29) is 11.8 Å². The van der Waals surface area contributed by atoms with E-state index in [0.717, 1.165) is 30.8 Å². The summed E-state index contributed by atoms with van der Waals surface area (Å²) < 4.78 is 26.3. The molecule has 3 aliphatic heterocycles. The molecular weight excluding hydrogens is 416 g/mol. The molecule has 0 radical (unpaired) electrons. The van der Waals surface area contributed by atoms with Crippen LogP contribution < -0.4 is 4.90 Å². The van der Waals surface area contributed by atoms with Gasteiger partial charge in [-0.1, -0.05) is 17.7 Å². The zero-order valence-corrected chi connectivity index (χ0v) is 17.9. The molecule has 0 bridgehead atoms. The molecule has 3 aliphatic rings. The Balaban J connectivity index is 1.46. The molecule has 3 saturated heterocycles. The molecule has 1 aromatic carbocycles. The van der Waals surface area contributed by atoms with E-state index in [1.54, 1.807) is 4.31 Å². The molecule has 0 spiro atoms. The van der Waals surface area contributed by atoms with Crippen LogP contribution in [0.4, 0.5) is 10.5 Å². The predicted octanol–water partition coefficient (Wildman–Crippen LogP) is 1.75. The van der Waals surface area contributed by atoms with Gasteiger partial charge in [0.05, 0.1) is 5.75 Å². The van der Waals surface area contributed by atoms with Crippen LogP contribution in [0.25, 0.3) is 0 Å². The second-order valence-corrected chi connectivity index (χ2v) is 10.5. The van der Waals surface area contributed by atoms with Gasteiger partial charge in [-0.3, -0.25) is 4.90 Å². The Hall–Kier alpha value is -1.55. The van der Waals surface area contributed by atoms with Gasteiger partial charge in [0.15, 0.2) is 0 Å². The molecule has 1 atom stereocenters. The van der Waals surface area contributed by atoms with Crippen molar-refractivity contribution in [3.63, 3.8) is 0 Å². The van der Waals surface area contributed by atoms with Crippen molar-refractivity contribution in [2.24, 2.45) is 0 Å². The zero-order chi connectivity index (χ0) is 20.6. The normalized spacial score (nSPS) is 25.6. The summed E-state index contributed by atoms with van der Waals surface area (Å²) in [6, 6.07) is 5.90. The monoisotopic (exact) mass is 442 g/mol. The third kappa shape index (κ3) is 4.47. The fraction of sp³-hybridized carbons (Fsp3) is 0.632. The number of sulfonamides is 1. The average molecular weight is 443 g/mol. The van der Waals surface area contributed by atoms with E-state index in [0.29, 0.717) is 50.7 Å². The summed E-state index contributed by atoms with van der Waals surface area (Å²) in [6.45, 7) is 5.25. The number of hydrogen-bond acceptors (Lipinski definition) is 5. The SMILES string of the molecule is O=C(O)N1CCN(Cc2ccc(Cl)cc2N2CCC(N3CCCS3(=O)=O)C2)CC1. The number of rotatable bonds is 4. The summed E-state index contributed by atoms with van der Waals surface area (Å²) in [4.78, 5) is 17.1. The maximum absolute atomic E-state index is 12.3. The van der Waals surface area contributed by atoms with E-state index in [1.165, 1.54) is 4.90 Å². The van der Waals surface area contributed by atoms with Crippen molar-refractivity contribution in [3.8, 4) is 0 Å². The highest BCUT2D eigenvalue weighted by Gasteiger charge is 2.38. The quantitative estimate of drug-likeness (QED) is 0.764. The number of amides is 1. The van der Waals surface area contributed by atoms with Gasteiger partial charge >= 0.3 is 6.09 Å². The lowest BCUT2D eigenvalue weighted by atomic mass is 10.1. The number of halogens is 1. The van der Waals surface area contributed by atoms with Gasteiger partial charge in [0.25, 0.3) is 0 Å². The summed E-state index contributed by atoms with van der Waals surface area (Å²) in [5.41, 5.74) is 2.19. The van der Waals surface area contributed by atoms with Crippen LogP contribution in [0.2, 0.25) is 5.02 Å². The first-order valence-electron chi connectivity index (χ1n) is 10.1. The third-order valence-corrected chi connectivity index (χ3v) is 8.37. The molecule has 10 heteroatoms. The number of hydrogen-bond donors (Lipinski definition) is 1. The smallest absolute Gasteiger partial charge is 0.407 e. The van der Waals surface area contributed by atoms with Gasteiger partial charge < -0.3 is 14.9 Å². The minimum absolute atomic E-state index is 0.0217. The highest BCUT2D eigenvalue weighted by atomic mass is 35.5. The van der Waals surface area contributed by atoms with Crippen LogP contribution >= 0.6 is 11.6 Å². The van der Waals surface area contributed by atoms with Gasteiger partial charge in [-0.05, 0) is 30.5 Å². The van der Waals surface area contributed by atoms with Crippen molar-refractivity contribution >= 4 is 33.4 Å². The van der Waals surface area contributed by atoms with E-state index < -0.39 is 16.1 Å². The van der Waals surface area contributed by atoms with Crippen molar-refractivity contribution in [1.29, 1.82) is 0 Å². The van der Waals surface area contributed by atoms with Crippen LogP contribution in [0.15, 0.2) is 18.2 Å². The first-order valence-corrected chi connectivity index (χ1v) is 12.1. The van der Waals surface area contributed by atoms with Crippen LogP contribution in [0.5, 0.6) is 0 Å². The van der Waals surface area contributed by atoms with Gasteiger partial charge in [-0.2, -0.15) is 4.31 Å². The molecule has 160 valence electrons. The van der Waals surface area contributed by atoms with Crippen molar-refractivity contribution in [2.45, 2.75) is 25.4 Å². The molecule has 1 aromatic rings. The molecule has 3 heterocycles. The van der Waals surface area contributed by atoms with Crippen molar-refractivity contribution in [1.82, 2.24) is 14.1 Å². The fourth-order valence-corrected chi connectivity index (χ4v) is 6.50. The maximum Gasteiger partial charge on any atom is 0.407 e. The third-order valence-electron chi connectivity index (χ3n) is 6.13. The fourth-order valence-electron chi connectivity index (χ4n) is 4.57. The molecule has 0 aromatic heterocycles. The van der Waals surface area contributed by atoms with E-state index in [4.69, 9.17) is 16.7 Å². The first kappa shape index (κ1) is 20.7. The van der Waals surface area contributed by atoms with E-state index in [2.05, 4.69) is 9.80 Å². The van der Waals surface area contributed by atoms with Gasteiger partial charge in [-0.25, -0.2) is 13.2 Å². The second-order valence-electron chi connectivity index (χ2n) is 7.99. The summed E-state index contributed by atoms with van der Waals surface area (Å²) in [7, 11) is -3.11. The van der Waals surface area contributed by atoms with Crippen molar-refractivity contribution in [3.05, 3.63) is 28.8 Å². The highest BCUT2D eigenvalue weighted by molar-refractivity contribution is 7.89. The van der Waals surface area contributed by atoms with E-state index >= 15 is 0 Å². The lowest BCUT2D eigenvalue weighted by Crippen LogP contribution is -2.47. The first-order chi connectivity index (χ1) is 13.8. The predicted molar refractivity (Wildman–Crippen MR) is 112 cm³/mol. The summed E-state index contributed by atoms with van der Waals surface area (Å²) in [6.07, 6.45) is 0.670. The van der Waals surface area contributed by atoms with Gasteiger partial charge in [0, 0.05) is 69.1 Å². The zero-order valence-electron chi connectivity index (χ0n) is 16.3. The lowest BCUT2D eigenvalue weighted by molar-refractivity contribution is 0.103. The number of benzene rings is 1. The molecular formula is C19H27ClN4O4S. The van der Waals surface area contributed by atoms with Gasteiger partial charge in [-0.15, -0.1) is 0 Å². The summed E-state index contributed by atoms with van der Waals surface area (Å²) in [5.74, 6) is 0.258. The Morgan fingerprint density at radius 1 is 1.14 bits per heavy atom. The van der Waals surface area contributed by atoms with Crippen LogP contribution in [0.3, 0.4) is 0 Å². The number of carbonyl (C=O) groups is 1. The van der Waals surface area contributed by atoms with Gasteiger partial charge in [0.2, 0.25) is 10.0 Å².